The zero-order valence-corrected chi connectivity index (χ0v) is 13.7. The first-order chi connectivity index (χ1) is 3.56. The molecule has 0 atom stereocenters. The summed E-state index contributed by atoms with van der Waals surface area (Å²) >= 11 is 0. The summed E-state index contributed by atoms with van der Waals surface area (Å²) in [6, 6.07) is 1.50. The minimum Gasteiger partial charge on any atom is -1.00 e. The van der Waals surface area contributed by atoms with Crippen molar-refractivity contribution < 1.29 is 34.0 Å². The number of hydrogen-bond acceptors (Lipinski definition) is 0. The molecule has 0 saturated carbocycles. The molecular formula is C7H18Br2MgSi. The molecule has 4 heteroatoms. The van der Waals surface area contributed by atoms with Crippen molar-refractivity contribution in [3.63, 3.8) is 0 Å². The van der Waals surface area contributed by atoms with Crippen LogP contribution in [0.5, 0.6) is 0 Å². The van der Waals surface area contributed by atoms with Crippen molar-refractivity contribution in [2.75, 3.05) is 0 Å². The Morgan fingerprint density at radius 3 is 1.45 bits per heavy atom. The van der Waals surface area contributed by atoms with Crippen LogP contribution in [0.2, 0.25) is 25.7 Å². The maximum absolute atomic E-state index is 2.43. The molecule has 0 aliphatic rings. The Bertz CT molecular complexity index is 64.0. The molecule has 0 unspecified atom stereocenters. The van der Waals surface area contributed by atoms with Gasteiger partial charge < -0.3 is 34.0 Å². The summed E-state index contributed by atoms with van der Waals surface area (Å²) in [6.45, 7) is 9.56. The fourth-order valence-corrected chi connectivity index (χ4v) is 2.12. The number of rotatable bonds is 3. The Labute approximate surface area is 110 Å². The van der Waals surface area contributed by atoms with E-state index in [1.807, 2.05) is 0 Å². The van der Waals surface area contributed by atoms with E-state index in [0.29, 0.717) is 0 Å². The van der Waals surface area contributed by atoms with Gasteiger partial charge in [-0.25, -0.2) is 0 Å². The van der Waals surface area contributed by atoms with Gasteiger partial charge in [0.05, 0.1) is 0 Å². The molecule has 0 nitrogen and oxygen atoms in total. The molecule has 0 radical (unpaired) electrons. The summed E-state index contributed by atoms with van der Waals surface area (Å²) in [6.07, 6.45) is 2.81. The van der Waals surface area contributed by atoms with Gasteiger partial charge in [-0.3, -0.25) is 0 Å². The Hall–Kier alpha value is 1.94. The van der Waals surface area contributed by atoms with Gasteiger partial charge in [-0.2, -0.15) is 0 Å². The molecule has 0 rings (SSSR count). The molecule has 0 saturated heterocycles. The largest absolute Gasteiger partial charge is 2.00 e. The molecule has 0 spiro atoms. The molecule has 0 heterocycles. The molecule has 0 aromatic carbocycles. The second-order valence-electron chi connectivity index (χ2n) is 3.66. The molecule has 0 aliphatic carbocycles. The average molecular weight is 314 g/mol. The van der Waals surface area contributed by atoms with Gasteiger partial charge in [0, 0.05) is 8.07 Å². The van der Waals surface area contributed by atoms with E-state index in [4.69, 9.17) is 0 Å². The Kier molecular flexibility index (Phi) is 25.1. The van der Waals surface area contributed by atoms with E-state index in [1.54, 1.807) is 0 Å². The van der Waals surface area contributed by atoms with Crippen LogP contribution in [0.1, 0.15) is 19.8 Å². The second-order valence-corrected chi connectivity index (χ2v) is 9.29. The minimum atomic E-state index is -0.678. The van der Waals surface area contributed by atoms with Gasteiger partial charge in [-0.05, 0) is 0 Å². The van der Waals surface area contributed by atoms with Crippen molar-refractivity contribution in [3.8, 4) is 0 Å². The molecular weight excluding hydrogens is 296 g/mol. The third-order valence-electron chi connectivity index (χ3n) is 1.28. The van der Waals surface area contributed by atoms with Crippen LogP contribution < -0.4 is 34.0 Å². The van der Waals surface area contributed by atoms with Gasteiger partial charge in [-0.15, -0.1) is 0 Å². The zero-order valence-electron chi connectivity index (χ0n) is 8.08. The first-order valence-electron chi connectivity index (χ1n) is 3.56. The summed E-state index contributed by atoms with van der Waals surface area (Å²) in [5.74, 6) is 0. The van der Waals surface area contributed by atoms with Crippen LogP contribution in [0.15, 0.2) is 0 Å². The molecule has 0 aliphatic heterocycles. The van der Waals surface area contributed by atoms with Crippen molar-refractivity contribution >= 4 is 31.1 Å². The summed E-state index contributed by atoms with van der Waals surface area (Å²) < 4.78 is 0. The fraction of sp³-hybridized carbons (Fsp3) is 1.00. The monoisotopic (exact) mass is 312 g/mol. The van der Waals surface area contributed by atoms with Crippen LogP contribution in [0.4, 0.5) is 0 Å². The first kappa shape index (κ1) is 23.1. The fourth-order valence-electron chi connectivity index (χ4n) is 0.707. The molecule has 11 heavy (non-hydrogen) atoms. The number of unbranched alkanes of at least 4 members (excludes halogenated alkanes) is 1. The van der Waals surface area contributed by atoms with Crippen molar-refractivity contribution in [1.82, 2.24) is 0 Å². The topological polar surface area (TPSA) is 0 Å². The van der Waals surface area contributed by atoms with Crippen LogP contribution in [-0.4, -0.2) is 31.1 Å². The van der Waals surface area contributed by atoms with Crippen molar-refractivity contribution in [1.29, 1.82) is 0 Å². The molecule has 0 bridgehead atoms. The Balaban J connectivity index is -0.0000000817. The predicted molar refractivity (Wildman–Crippen MR) is 48.8 cm³/mol. The Morgan fingerprint density at radius 2 is 1.36 bits per heavy atom. The van der Waals surface area contributed by atoms with Gasteiger partial charge in [0.15, 0.2) is 0 Å². The van der Waals surface area contributed by atoms with E-state index in [2.05, 4.69) is 26.6 Å². The maximum atomic E-state index is 2.43. The third-order valence-corrected chi connectivity index (χ3v) is 3.13. The predicted octanol–water partition coefficient (Wildman–Crippen LogP) is -3.25. The summed E-state index contributed by atoms with van der Waals surface area (Å²) in [5, 5.41) is 0. The Morgan fingerprint density at radius 1 is 1.00 bits per heavy atom. The molecule has 66 valence electrons. The average Bonchev–Trinajstić information content (AvgIpc) is 1.59. The summed E-state index contributed by atoms with van der Waals surface area (Å²) in [5.41, 5.74) is 0. The number of halogens is 2. The SMILES string of the molecule is CCCC[Si](C)(C)C.[Br-].[Br-].[Mg+2]. The molecule has 0 aromatic heterocycles. The van der Waals surface area contributed by atoms with Crippen molar-refractivity contribution in [2.24, 2.45) is 0 Å². The maximum Gasteiger partial charge on any atom is 2.00 e. The van der Waals surface area contributed by atoms with E-state index in [9.17, 15) is 0 Å². The minimum absolute atomic E-state index is 0. The summed E-state index contributed by atoms with van der Waals surface area (Å²) in [4.78, 5) is 0. The van der Waals surface area contributed by atoms with Gasteiger partial charge in [0.25, 0.3) is 0 Å². The van der Waals surface area contributed by atoms with Crippen LogP contribution >= 0.6 is 0 Å². The molecule has 0 N–H and O–H groups in total. The van der Waals surface area contributed by atoms with Gasteiger partial charge in [0.1, 0.15) is 0 Å². The second kappa shape index (κ2) is 11.9. The summed E-state index contributed by atoms with van der Waals surface area (Å²) in [7, 11) is -0.678. The van der Waals surface area contributed by atoms with Crippen molar-refractivity contribution in [2.45, 2.75) is 45.5 Å². The van der Waals surface area contributed by atoms with E-state index >= 15 is 0 Å². The van der Waals surface area contributed by atoms with Crippen LogP contribution in [0, 0.1) is 0 Å². The van der Waals surface area contributed by atoms with Gasteiger partial charge in [-0.1, -0.05) is 45.5 Å². The van der Waals surface area contributed by atoms with Crippen LogP contribution in [0.3, 0.4) is 0 Å². The van der Waals surface area contributed by atoms with E-state index in [0.717, 1.165) is 0 Å². The molecule has 0 fully saturated rings. The molecule has 0 aromatic rings. The van der Waals surface area contributed by atoms with Gasteiger partial charge >= 0.3 is 23.1 Å². The van der Waals surface area contributed by atoms with E-state index < -0.39 is 8.07 Å². The number of hydrogen-bond donors (Lipinski definition) is 0. The third kappa shape index (κ3) is 24.5. The molecule has 0 amide bonds. The zero-order chi connectivity index (χ0) is 6.62. The van der Waals surface area contributed by atoms with E-state index in [1.165, 1.54) is 18.9 Å². The van der Waals surface area contributed by atoms with E-state index in [-0.39, 0.29) is 57.0 Å². The smallest absolute Gasteiger partial charge is 1.00 e. The first-order valence-corrected chi connectivity index (χ1v) is 7.27. The van der Waals surface area contributed by atoms with Crippen molar-refractivity contribution in [3.05, 3.63) is 0 Å². The standard InChI is InChI=1S/C7H18Si.2BrH.Mg/c1-5-6-7-8(2,3)4;;;/h5-7H2,1-4H3;2*1H;/q;;;+2/p-2. The normalized spacial score (nSPS) is 8.73. The van der Waals surface area contributed by atoms with Crippen LogP contribution in [-0.2, 0) is 0 Å². The van der Waals surface area contributed by atoms with Gasteiger partial charge in [0.2, 0.25) is 0 Å². The quantitative estimate of drug-likeness (QED) is 0.480. The van der Waals surface area contributed by atoms with Crippen LogP contribution in [0.25, 0.3) is 0 Å².